The molecule has 122 valence electrons. The average molecular weight is 327 g/mol. The number of pyridine rings is 2. The predicted octanol–water partition coefficient (Wildman–Crippen LogP) is 2.04. The number of nitrogens with one attached hydrogen (secondary N) is 1. The standard InChI is InChI=1S/C15H13N5O4/c1-24-15(21)10-6-12(20(22)23)14(16-7-10)17-8-11-9-19-5-3-2-4-13(19)18-11/h2-7,9H,8H2,1H3,(H,16,17). The lowest BCUT2D eigenvalue weighted by atomic mass is 10.2. The Morgan fingerprint density at radius 1 is 1.46 bits per heavy atom. The number of nitrogens with zero attached hydrogens (tertiary/aromatic N) is 4. The molecule has 0 amide bonds. The molecule has 3 rings (SSSR count). The molecule has 0 saturated carbocycles. The van der Waals surface area contributed by atoms with E-state index < -0.39 is 10.9 Å². The first kappa shape index (κ1) is 15.4. The van der Waals surface area contributed by atoms with Crippen molar-refractivity contribution >= 4 is 23.1 Å². The number of nitro groups is 1. The molecular formula is C15H13N5O4. The Kier molecular flexibility index (Phi) is 4.06. The van der Waals surface area contributed by atoms with Crippen LogP contribution in [0, 0.1) is 10.1 Å². The van der Waals surface area contributed by atoms with E-state index in [4.69, 9.17) is 0 Å². The Morgan fingerprint density at radius 2 is 2.29 bits per heavy atom. The number of ether oxygens (including phenoxy) is 1. The van der Waals surface area contributed by atoms with Crippen molar-refractivity contribution in [3.05, 3.63) is 64.2 Å². The molecule has 0 aromatic carbocycles. The second kappa shape index (κ2) is 6.32. The minimum atomic E-state index is -0.683. The number of hydrogen-bond acceptors (Lipinski definition) is 7. The first-order chi connectivity index (χ1) is 11.6. The van der Waals surface area contributed by atoms with Gasteiger partial charge in [-0.1, -0.05) is 6.07 Å². The van der Waals surface area contributed by atoms with Gasteiger partial charge in [-0.2, -0.15) is 0 Å². The van der Waals surface area contributed by atoms with Crippen LogP contribution < -0.4 is 5.32 Å². The zero-order valence-electron chi connectivity index (χ0n) is 12.7. The molecule has 0 aliphatic carbocycles. The molecule has 0 unspecified atom stereocenters. The topological polar surface area (TPSA) is 112 Å². The maximum Gasteiger partial charge on any atom is 0.339 e. The van der Waals surface area contributed by atoms with Crippen molar-refractivity contribution in [1.82, 2.24) is 14.4 Å². The maximum atomic E-state index is 11.5. The lowest BCUT2D eigenvalue weighted by molar-refractivity contribution is -0.384. The molecule has 3 aromatic heterocycles. The van der Waals surface area contributed by atoms with Crippen LogP contribution in [0.2, 0.25) is 0 Å². The number of carbonyl (C=O) groups is 1. The molecule has 3 aromatic rings. The molecule has 0 aliphatic heterocycles. The number of fused-ring (bicyclic) bond motifs is 1. The molecule has 9 heteroatoms. The van der Waals surface area contributed by atoms with Crippen molar-refractivity contribution in [2.75, 3.05) is 12.4 Å². The zero-order valence-corrected chi connectivity index (χ0v) is 12.7. The smallest absolute Gasteiger partial charge is 0.339 e. The molecule has 0 fully saturated rings. The number of aromatic nitrogens is 3. The van der Waals surface area contributed by atoms with Gasteiger partial charge in [0.25, 0.3) is 0 Å². The van der Waals surface area contributed by atoms with Crippen LogP contribution in [0.1, 0.15) is 16.1 Å². The van der Waals surface area contributed by atoms with Crippen LogP contribution in [0.25, 0.3) is 5.65 Å². The lowest BCUT2D eigenvalue weighted by Crippen LogP contribution is -2.08. The summed E-state index contributed by atoms with van der Waals surface area (Å²) in [5, 5.41) is 14.1. The summed E-state index contributed by atoms with van der Waals surface area (Å²) in [5.41, 5.74) is 1.19. The van der Waals surface area contributed by atoms with Gasteiger partial charge in [0.15, 0.2) is 0 Å². The van der Waals surface area contributed by atoms with Gasteiger partial charge >= 0.3 is 11.7 Å². The first-order valence-corrected chi connectivity index (χ1v) is 6.97. The highest BCUT2D eigenvalue weighted by molar-refractivity contribution is 5.90. The van der Waals surface area contributed by atoms with Crippen molar-refractivity contribution in [1.29, 1.82) is 0 Å². The van der Waals surface area contributed by atoms with Crippen LogP contribution in [-0.2, 0) is 11.3 Å². The van der Waals surface area contributed by atoms with Gasteiger partial charge in [-0.3, -0.25) is 10.1 Å². The Labute approximate surface area is 136 Å². The van der Waals surface area contributed by atoms with Crippen LogP contribution in [0.5, 0.6) is 0 Å². The van der Waals surface area contributed by atoms with Crippen molar-refractivity contribution < 1.29 is 14.5 Å². The van der Waals surface area contributed by atoms with Crippen LogP contribution in [0.3, 0.4) is 0 Å². The third-order valence-electron chi connectivity index (χ3n) is 3.34. The number of imidazole rings is 1. The molecule has 9 nitrogen and oxygen atoms in total. The van der Waals surface area contributed by atoms with E-state index in [0.29, 0.717) is 5.69 Å². The fourth-order valence-corrected chi connectivity index (χ4v) is 2.20. The minimum Gasteiger partial charge on any atom is -0.465 e. The van der Waals surface area contributed by atoms with E-state index in [0.717, 1.165) is 11.7 Å². The van der Waals surface area contributed by atoms with Gasteiger partial charge in [0.1, 0.15) is 5.65 Å². The summed E-state index contributed by atoms with van der Waals surface area (Å²) in [6, 6.07) is 6.74. The van der Waals surface area contributed by atoms with E-state index in [-0.39, 0.29) is 23.6 Å². The van der Waals surface area contributed by atoms with Gasteiger partial charge in [0, 0.05) is 24.7 Å². The highest BCUT2D eigenvalue weighted by Gasteiger charge is 2.19. The van der Waals surface area contributed by atoms with Gasteiger partial charge in [0.05, 0.1) is 29.8 Å². The zero-order chi connectivity index (χ0) is 17.1. The summed E-state index contributed by atoms with van der Waals surface area (Å²) in [6.07, 6.45) is 4.90. The Hall–Kier alpha value is -3.49. The number of esters is 1. The van der Waals surface area contributed by atoms with Crippen LogP contribution in [0.15, 0.2) is 42.9 Å². The molecule has 0 aliphatic rings. The Bertz CT molecular complexity index is 888. The monoisotopic (exact) mass is 327 g/mol. The summed E-state index contributed by atoms with van der Waals surface area (Å²) in [4.78, 5) is 30.4. The maximum absolute atomic E-state index is 11.5. The van der Waals surface area contributed by atoms with E-state index >= 15 is 0 Å². The SMILES string of the molecule is COC(=O)c1cnc(NCc2cn3ccccc3n2)c([N+](=O)[O-])c1. The fraction of sp³-hybridized carbons (Fsp3) is 0.133. The number of rotatable bonds is 5. The van der Waals surface area contributed by atoms with Gasteiger partial charge in [-0.15, -0.1) is 0 Å². The number of carbonyl (C=O) groups excluding carboxylic acids is 1. The minimum absolute atomic E-state index is 0.0162. The Balaban J connectivity index is 1.83. The van der Waals surface area contributed by atoms with E-state index in [1.165, 1.54) is 13.3 Å². The third kappa shape index (κ3) is 3.00. The van der Waals surface area contributed by atoms with E-state index in [1.807, 2.05) is 35.0 Å². The molecule has 24 heavy (non-hydrogen) atoms. The van der Waals surface area contributed by atoms with E-state index in [9.17, 15) is 14.9 Å². The Morgan fingerprint density at radius 3 is 3.00 bits per heavy atom. The number of hydrogen-bond donors (Lipinski definition) is 1. The second-order valence-electron chi connectivity index (χ2n) is 4.89. The number of methoxy groups -OCH3 is 1. The first-order valence-electron chi connectivity index (χ1n) is 6.97. The van der Waals surface area contributed by atoms with E-state index in [1.54, 1.807) is 0 Å². The molecule has 0 spiro atoms. The van der Waals surface area contributed by atoms with Crippen LogP contribution in [0.4, 0.5) is 11.5 Å². The van der Waals surface area contributed by atoms with Gasteiger partial charge < -0.3 is 14.5 Å². The normalized spacial score (nSPS) is 10.5. The van der Waals surface area contributed by atoms with Crippen molar-refractivity contribution in [3.8, 4) is 0 Å². The molecule has 3 heterocycles. The highest BCUT2D eigenvalue weighted by atomic mass is 16.6. The molecule has 0 atom stereocenters. The molecule has 0 bridgehead atoms. The van der Waals surface area contributed by atoms with Crippen LogP contribution in [-0.4, -0.2) is 32.4 Å². The quantitative estimate of drug-likeness (QED) is 0.433. The molecular weight excluding hydrogens is 314 g/mol. The molecule has 1 N–H and O–H groups in total. The summed E-state index contributed by atoms with van der Waals surface area (Å²) in [5.74, 6) is -0.623. The summed E-state index contributed by atoms with van der Waals surface area (Å²) < 4.78 is 6.39. The number of anilines is 1. The molecule has 0 radical (unpaired) electrons. The van der Waals surface area contributed by atoms with Gasteiger partial charge in [-0.25, -0.2) is 14.8 Å². The highest BCUT2D eigenvalue weighted by Crippen LogP contribution is 2.23. The summed E-state index contributed by atoms with van der Waals surface area (Å²) >= 11 is 0. The summed E-state index contributed by atoms with van der Waals surface area (Å²) in [6.45, 7) is 0.257. The lowest BCUT2D eigenvalue weighted by Gasteiger charge is -2.05. The van der Waals surface area contributed by atoms with Gasteiger partial charge in [0.2, 0.25) is 5.82 Å². The second-order valence-corrected chi connectivity index (χ2v) is 4.89. The van der Waals surface area contributed by atoms with Crippen LogP contribution >= 0.6 is 0 Å². The summed E-state index contributed by atoms with van der Waals surface area (Å²) in [7, 11) is 1.20. The van der Waals surface area contributed by atoms with Crippen molar-refractivity contribution in [2.24, 2.45) is 0 Å². The van der Waals surface area contributed by atoms with Gasteiger partial charge in [-0.05, 0) is 12.1 Å². The predicted molar refractivity (Wildman–Crippen MR) is 84.7 cm³/mol. The third-order valence-corrected chi connectivity index (χ3v) is 3.34. The average Bonchev–Trinajstić information content (AvgIpc) is 3.02. The van der Waals surface area contributed by atoms with E-state index in [2.05, 4.69) is 20.0 Å². The fourth-order valence-electron chi connectivity index (χ4n) is 2.20. The largest absolute Gasteiger partial charge is 0.465 e. The van der Waals surface area contributed by atoms with Crippen molar-refractivity contribution in [3.63, 3.8) is 0 Å². The van der Waals surface area contributed by atoms with Crippen molar-refractivity contribution in [2.45, 2.75) is 6.54 Å². The molecule has 0 saturated heterocycles.